The molecule has 4 heterocycles. The van der Waals surface area contributed by atoms with Crippen molar-refractivity contribution in [3.05, 3.63) is 83.7 Å². The van der Waals surface area contributed by atoms with E-state index in [4.69, 9.17) is 0 Å². The molecule has 0 aliphatic carbocycles. The fourth-order valence-electron chi connectivity index (χ4n) is 5.97. The zero-order chi connectivity index (χ0) is 31.5. The number of fused-ring (bicyclic) bond motifs is 1. The molecule has 0 unspecified atom stereocenters. The smallest absolute Gasteiger partial charge is 0.255 e. The lowest BCUT2D eigenvalue weighted by molar-refractivity contribution is 0.0872. The van der Waals surface area contributed by atoms with Gasteiger partial charge in [0.05, 0.1) is 23.1 Å². The number of carbonyl (C=O) groups is 1. The number of H-pyrrole nitrogens is 1. The van der Waals surface area contributed by atoms with E-state index in [1.54, 1.807) is 29.1 Å². The summed E-state index contributed by atoms with van der Waals surface area (Å²) < 4.78 is 16.8. The number of nitrogens with zero attached hydrogens (tertiary/aromatic N) is 6. The first-order valence-electron chi connectivity index (χ1n) is 15.1. The molecule has 0 saturated carbocycles. The third-order valence-corrected chi connectivity index (χ3v) is 8.51. The molecule has 0 bridgehead atoms. The number of hydrogen-bond acceptors (Lipinski definition) is 8. The maximum atomic E-state index is 15.1. The van der Waals surface area contributed by atoms with E-state index < -0.39 is 5.82 Å². The number of likely N-dealkylation sites (N-methyl/N-ethyl adjacent to an activating group) is 1. The molecule has 3 aromatic heterocycles. The third kappa shape index (κ3) is 6.66. The largest absolute Gasteiger partial charge is 0.507 e. The van der Waals surface area contributed by atoms with E-state index in [9.17, 15) is 9.90 Å². The standard InChI is InChI=1S/C33H38FN9O2/c1-21-28(20-42(3)40-21)38-33-37-19-27(34)31(39-33)26-18-35-30-22(7-6-9-24(26)30)11-12-23(43-15-13-41(2)14-16-43)17-36-32(45)25-8-4-5-10-29(25)44/h4-10,18-20,23,35,44H,11-17H2,1-3H3,(H,36,45)(H,37,38,39)/t23-/m0/s1. The van der Waals surface area contributed by atoms with Crippen molar-refractivity contribution in [3.8, 4) is 17.0 Å². The fourth-order valence-corrected chi connectivity index (χ4v) is 5.97. The van der Waals surface area contributed by atoms with Crippen molar-refractivity contribution in [1.29, 1.82) is 0 Å². The Balaban J connectivity index is 1.21. The molecule has 1 saturated heterocycles. The van der Waals surface area contributed by atoms with Crippen molar-refractivity contribution < 1.29 is 14.3 Å². The highest BCUT2D eigenvalue weighted by atomic mass is 19.1. The zero-order valence-corrected chi connectivity index (χ0v) is 25.7. The van der Waals surface area contributed by atoms with E-state index in [2.05, 4.69) is 53.6 Å². The molecule has 0 spiro atoms. The number of phenols is 1. The number of benzene rings is 2. The summed E-state index contributed by atoms with van der Waals surface area (Å²) in [7, 11) is 3.95. The summed E-state index contributed by atoms with van der Waals surface area (Å²) >= 11 is 0. The molecule has 1 aliphatic heterocycles. The lowest BCUT2D eigenvalue weighted by atomic mass is 10.00. The van der Waals surface area contributed by atoms with Crippen LogP contribution in [0.5, 0.6) is 5.75 Å². The number of nitrogens with one attached hydrogen (secondary N) is 3. The van der Waals surface area contributed by atoms with Crippen molar-refractivity contribution in [3.63, 3.8) is 0 Å². The maximum Gasteiger partial charge on any atom is 0.255 e. The molecule has 12 heteroatoms. The summed E-state index contributed by atoms with van der Waals surface area (Å²) in [5, 5.41) is 21.6. The van der Waals surface area contributed by atoms with Crippen LogP contribution >= 0.6 is 0 Å². The van der Waals surface area contributed by atoms with Gasteiger partial charge in [-0.15, -0.1) is 0 Å². The SMILES string of the molecule is Cc1nn(C)cc1Nc1ncc(F)c(-c2c[nH]c3c(CC[C@@H](CNC(=O)c4ccccc4O)N4CCN(C)CC4)cccc23)n1. The van der Waals surface area contributed by atoms with Gasteiger partial charge in [-0.2, -0.15) is 5.10 Å². The fraction of sp³-hybridized carbons (Fsp3) is 0.333. The molecular formula is C33H38FN9O2. The van der Waals surface area contributed by atoms with E-state index in [-0.39, 0.29) is 34.9 Å². The van der Waals surface area contributed by atoms with Gasteiger partial charge in [0, 0.05) is 74.7 Å². The second-order valence-corrected chi connectivity index (χ2v) is 11.6. The van der Waals surface area contributed by atoms with E-state index in [1.165, 1.54) is 12.3 Å². The van der Waals surface area contributed by atoms with Crippen molar-refractivity contribution in [2.45, 2.75) is 25.8 Å². The Bertz CT molecular complexity index is 1810. The predicted molar refractivity (Wildman–Crippen MR) is 172 cm³/mol. The van der Waals surface area contributed by atoms with Gasteiger partial charge in [0.2, 0.25) is 5.95 Å². The first kappa shape index (κ1) is 30.2. The molecule has 11 nitrogen and oxygen atoms in total. The van der Waals surface area contributed by atoms with Gasteiger partial charge in [-0.1, -0.05) is 30.3 Å². The Labute approximate surface area is 261 Å². The Kier molecular flexibility index (Phi) is 8.76. The summed E-state index contributed by atoms with van der Waals surface area (Å²) in [5.41, 5.74) is 4.70. The maximum absolute atomic E-state index is 15.1. The van der Waals surface area contributed by atoms with Crippen molar-refractivity contribution in [2.75, 3.05) is 45.1 Å². The number of aromatic hydroxyl groups is 1. The number of aromatic amines is 1. The van der Waals surface area contributed by atoms with Crippen molar-refractivity contribution in [1.82, 2.24) is 39.8 Å². The molecule has 6 rings (SSSR count). The molecule has 2 aromatic carbocycles. The van der Waals surface area contributed by atoms with E-state index in [0.717, 1.165) is 66.9 Å². The van der Waals surface area contributed by atoms with Crippen LogP contribution in [0, 0.1) is 12.7 Å². The van der Waals surface area contributed by atoms with E-state index >= 15 is 4.39 Å². The van der Waals surface area contributed by atoms with Gasteiger partial charge in [-0.25, -0.2) is 14.4 Å². The van der Waals surface area contributed by atoms with Crippen LogP contribution < -0.4 is 10.6 Å². The van der Waals surface area contributed by atoms with Crippen LogP contribution in [0.1, 0.15) is 28.0 Å². The van der Waals surface area contributed by atoms with Crippen LogP contribution in [0.4, 0.5) is 16.0 Å². The first-order valence-corrected chi connectivity index (χ1v) is 15.1. The summed E-state index contributed by atoms with van der Waals surface area (Å²) in [5.74, 6) is -0.544. The summed E-state index contributed by atoms with van der Waals surface area (Å²) in [6, 6.07) is 12.7. The first-order chi connectivity index (χ1) is 21.8. The van der Waals surface area contributed by atoms with Gasteiger partial charge >= 0.3 is 0 Å². The number of carbonyl (C=O) groups excluding carboxylic acids is 1. The van der Waals surface area contributed by atoms with Gasteiger partial charge < -0.3 is 25.6 Å². The number of halogens is 1. The predicted octanol–water partition coefficient (Wildman–Crippen LogP) is 4.23. The molecule has 1 atom stereocenters. The number of para-hydroxylation sites is 2. The number of rotatable bonds is 10. The second-order valence-electron chi connectivity index (χ2n) is 11.6. The average molecular weight is 612 g/mol. The Morgan fingerprint density at radius 1 is 1.11 bits per heavy atom. The minimum Gasteiger partial charge on any atom is -0.507 e. The van der Waals surface area contributed by atoms with Gasteiger partial charge in [0.25, 0.3) is 5.91 Å². The number of aromatic nitrogens is 5. The van der Waals surface area contributed by atoms with Crippen molar-refractivity contribution >= 4 is 28.4 Å². The van der Waals surface area contributed by atoms with Crippen LogP contribution in [0.15, 0.2) is 61.1 Å². The number of anilines is 2. The molecule has 0 radical (unpaired) electrons. The number of aryl methyl sites for hydroxylation is 3. The molecule has 1 fully saturated rings. The monoisotopic (exact) mass is 611 g/mol. The quantitative estimate of drug-likeness (QED) is 0.185. The topological polar surface area (TPSA) is 127 Å². The lowest BCUT2D eigenvalue weighted by Crippen LogP contribution is -2.52. The Morgan fingerprint density at radius 3 is 2.67 bits per heavy atom. The highest BCUT2D eigenvalue weighted by molar-refractivity contribution is 5.97. The van der Waals surface area contributed by atoms with Crippen LogP contribution in [0.25, 0.3) is 22.2 Å². The molecule has 1 amide bonds. The van der Waals surface area contributed by atoms with E-state index in [1.807, 2.05) is 32.3 Å². The van der Waals surface area contributed by atoms with Crippen LogP contribution in [0.3, 0.4) is 0 Å². The second kappa shape index (κ2) is 13.0. The lowest BCUT2D eigenvalue weighted by Gasteiger charge is -2.38. The van der Waals surface area contributed by atoms with Gasteiger partial charge in [-0.3, -0.25) is 14.4 Å². The minimum atomic E-state index is -0.509. The number of hydrogen-bond donors (Lipinski definition) is 4. The Morgan fingerprint density at radius 2 is 1.91 bits per heavy atom. The molecule has 4 N–H and O–H groups in total. The number of phenolic OH excluding ortho intramolecular Hbond substituents is 1. The summed E-state index contributed by atoms with van der Waals surface area (Å²) in [6.45, 7) is 6.08. The molecular weight excluding hydrogens is 573 g/mol. The third-order valence-electron chi connectivity index (χ3n) is 8.51. The van der Waals surface area contributed by atoms with Crippen LogP contribution in [-0.4, -0.2) is 91.4 Å². The van der Waals surface area contributed by atoms with Gasteiger partial charge in [-0.05, 0) is 44.5 Å². The minimum absolute atomic E-state index is 0.0319. The van der Waals surface area contributed by atoms with Crippen LogP contribution in [0.2, 0.25) is 0 Å². The molecule has 234 valence electrons. The van der Waals surface area contributed by atoms with Gasteiger partial charge in [0.1, 0.15) is 11.4 Å². The van der Waals surface area contributed by atoms with Gasteiger partial charge in [0.15, 0.2) is 5.82 Å². The normalized spacial score (nSPS) is 14.9. The van der Waals surface area contributed by atoms with Crippen LogP contribution in [-0.2, 0) is 13.5 Å². The molecule has 5 aromatic rings. The zero-order valence-electron chi connectivity index (χ0n) is 25.7. The highest BCUT2D eigenvalue weighted by Gasteiger charge is 2.24. The Hall–Kier alpha value is -4.81. The number of amides is 1. The molecule has 45 heavy (non-hydrogen) atoms. The summed E-state index contributed by atoms with van der Waals surface area (Å²) in [4.78, 5) is 29.7. The summed E-state index contributed by atoms with van der Waals surface area (Å²) in [6.07, 6.45) is 6.36. The average Bonchev–Trinajstić information content (AvgIpc) is 3.60. The highest BCUT2D eigenvalue weighted by Crippen LogP contribution is 2.32. The number of piperazine rings is 1. The van der Waals surface area contributed by atoms with Crippen molar-refractivity contribution in [2.24, 2.45) is 7.05 Å². The van der Waals surface area contributed by atoms with E-state index in [0.29, 0.717) is 12.1 Å². The molecule has 1 aliphatic rings.